The molecule has 1 heterocycles. The maximum Gasteiger partial charge on any atom is 0.0965 e. The second-order valence-electron chi connectivity index (χ2n) is 3.74. The molecule has 0 spiro atoms. The highest BCUT2D eigenvalue weighted by Crippen LogP contribution is 2.20. The van der Waals surface area contributed by atoms with Gasteiger partial charge >= 0.3 is 0 Å². The summed E-state index contributed by atoms with van der Waals surface area (Å²) < 4.78 is 0. The summed E-state index contributed by atoms with van der Waals surface area (Å²) in [6.07, 6.45) is 5.04. The Morgan fingerprint density at radius 1 is 1.29 bits per heavy atom. The predicted octanol–water partition coefficient (Wildman–Crippen LogP) is 1.87. The maximum absolute atomic E-state index is 5.56. The van der Waals surface area contributed by atoms with Crippen molar-refractivity contribution in [1.82, 2.24) is 4.98 Å². The van der Waals surface area contributed by atoms with Gasteiger partial charge in [0.2, 0.25) is 0 Å². The van der Waals surface area contributed by atoms with Gasteiger partial charge in [-0.3, -0.25) is 4.98 Å². The van der Waals surface area contributed by atoms with Crippen LogP contribution in [0.3, 0.4) is 0 Å². The number of hydrogen-bond acceptors (Lipinski definition) is 3. The van der Waals surface area contributed by atoms with E-state index in [4.69, 9.17) is 11.5 Å². The van der Waals surface area contributed by atoms with Crippen LogP contribution in [0.4, 0.5) is 0 Å². The third-order valence-electron chi connectivity index (χ3n) is 2.39. The molecule has 1 aromatic heterocycles. The van der Waals surface area contributed by atoms with Gasteiger partial charge in [-0.2, -0.15) is 0 Å². The molecule has 0 aliphatic rings. The summed E-state index contributed by atoms with van der Waals surface area (Å²) in [5.74, 6) is 0.483. The Labute approximate surface area is 99.7 Å². The van der Waals surface area contributed by atoms with Gasteiger partial charge in [-0.05, 0) is 24.4 Å². The molecular formula is C13H14N4. The fourth-order valence-electron chi connectivity index (χ4n) is 1.63. The lowest BCUT2D eigenvalue weighted by atomic mass is 10.1. The van der Waals surface area contributed by atoms with Crippen molar-refractivity contribution in [3.05, 3.63) is 48.4 Å². The third-order valence-corrected chi connectivity index (χ3v) is 2.39. The number of pyridine rings is 1. The highest BCUT2D eigenvalue weighted by molar-refractivity contribution is 5.88. The topological polar surface area (TPSA) is 77.3 Å². The molecule has 4 heteroatoms. The molecule has 0 bridgehead atoms. The Hall–Kier alpha value is -2.36. The van der Waals surface area contributed by atoms with Crippen molar-refractivity contribution in [2.75, 3.05) is 0 Å². The van der Waals surface area contributed by atoms with Gasteiger partial charge < -0.3 is 11.5 Å². The molecule has 0 amide bonds. The molecule has 17 heavy (non-hydrogen) atoms. The van der Waals surface area contributed by atoms with Gasteiger partial charge in [0, 0.05) is 29.5 Å². The summed E-state index contributed by atoms with van der Waals surface area (Å²) >= 11 is 0. The first kappa shape index (κ1) is 11.1. The van der Waals surface area contributed by atoms with Crippen molar-refractivity contribution < 1.29 is 0 Å². The standard InChI is InChI=1S/C13H14N4/c1-9(15)17-13(7-14)11-2-3-12-8-16-5-4-10(12)6-11/h2-8H,14H2,1H3,(H2,15,17)/b13-7-. The average molecular weight is 226 g/mol. The van der Waals surface area contributed by atoms with Crippen molar-refractivity contribution in [1.29, 1.82) is 0 Å². The van der Waals surface area contributed by atoms with Gasteiger partial charge in [0.05, 0.1) is 11.5 Å². The number of nitrogens with two attached hydrogens (primary N) is 2. The van der Waals surface area contributed by atoms with E-state index in [9.17, 15) is 0 Å². The van der Waals surface area contributed by atoms with Gasteiger partial charge in [-0.15, -0.1) is 0 Å². The van der Waals surface area contributed by atoms with Crippen LogP contribution in [0, 0.1) is 0 Å². The molecule has 0 aliphatic heterocycles. The van der Waals surface area contributed by atoms with Gasteiger partial charge in [-0.1, -0.05) is 12.1 Å². The molecule has 2 rings (SSSR count). The SMILES string of the molecule is CC(N)=N/C(=C\N)c1ccc2cnccc2c1. The second kappa shape index (κ2) is 4.65. The van der Waals surface area contributed by atoms with Crippen molar-refractivity contribution >= 4 is 22.3 Å². The average Bonchev–Trinajstić information content (AvgIpc) is 2.35. The molecule has 0 fully saturated rings. The summed E-state index contributed by atoms with van der Waals surface area (Å²) in [7, 11) is 0. The molecule has 0 saturated heterocycles. The zero-order valence-corrected chi connectivity index (χ0v) is 9.59. The number of amidine groups is 1. The van der Waals surface area contributed by atoms with Crippen LogP contribution in [-0.4, -0.2) is 10.8 Å². The van der Waals surface area contributed by atoms with Crippen LogP contribution in [0.2, 0.25) is 0 Å². The third kappa shape index (κ3) is 2.42. The van der Waals surface area contributed by atoms with E-state index in [2.05, 4.69) is 9.98 Å². The Bertz CT molecular complexity index is 595. The van der Waals surface area contributed by atoms with Crippen LogP contribution in [0.15, 0.2) is 47.9 Å². The van der Waals surface area contributed by atoms with E-state index < -0.39 is 0 Å². The van der Waals surface area contributed by atoms with Crippen LogP contribution in [0.5, 0.6) is 0 Å². The van der Waals surface area contributed by atoms with E-state index in [1.165, 1.54) is 6.20 Å². The minimum Gasteiger partial charge on any atom is -0.403 e. The van der Waals surface area contributed by atoms with Gasteiger partial charge in [-0.25, -0.2) is 4.99 Å². The Morgan fingerprint density at radius 2 is 2.12 bits per heavy atom. The second-order valence-corrected chi connectivity index (χ2v) is 3.74. The molecule has 4 nitrogen and oxygen atoms in total. The maximum atomic E-state index is 5.56. The fourth-order valence-corrected chi connectivity index (χ4v) is 1.63. The van der Waals surface area contributed by atoms with Crippen LogP contribution >= 0.6 is 0 Å². The lowest BCUT2D eigenvalue weighted by Gasteiger charge is -2.04. The van der Waals surface area contributed by atoms with E-state index in [1.54, 1.807) is 13.1 Å². The summed E-state index contributed by atoms with van der Waals surface area (Å²) in [5, 5.41) is 2.18. The Balaban J connectivity index is 2.52. The van der Waals surface area contributed by atoms with E-state index in [1.807, 2.05) is 30.5 Å². The number of benzene rings is 1. The number of aliphatic imine (C=N–C) groups is 1. The number of fused-ring (bicyclic) bond motifs is 1. The monoisotopic (exact) mass is 226 g/mol. The molecule has 0 radical (unpaired) electrons. The summed E-state index contributed by atoms with van der Waals surface area (Å²) in [4.78, 5) is 8.26. The van der Waals surface area contributed by atoms with Crippen LogP contribution in [-0.2, 0) is 0 Å². The number of aromatic nitrogens is 1. The minimum atomic E-state index is 0.483. The smallest absolute Gasteiger partial charge is 0.0965 e. The molecule has 0 saturated carbocycles. The molecule has 0 aliphatic carbocycles. The molecule has 1 aromatic carbocycles. The Morgan fingerprint density at radius 3 is 2.82 bits per heavy atom. The number of rotatable bonds is 2. The van der Waals surface area contributed by atoms with Gasteiger partial charge in [0.15, 0.2) is 0 Å². The summed E-state index contributed by atoms with van der Waals surface area (Å²) in [6, 6.07) is 7.91. The van der Waals surface area contributed by atoms with E-state index in [-0.39, 0.29) is 0 Å². The highest BCUT2D eigenvalue weighted by atomic mass is 14.9. The van der Waals surface area contributed by atoms with Crippen molar-refractivity contribution in [3.8, 4) is 0 Å². The normalized spacial score (nSPS) is 13.0. The summed E-state index contributed by atoms with van der Waals surface area (Å²) in [5.41, 5.74) is 12.7. The fraction of sp³-hybridized carbons (Fsp3) is 0.0769. The number of nitrogens with zero attached hydrogens (tertiary/aromatic N) is 2. The lowest BCUT2D eigenvalue weighted by molar-refractivity contribution is 1.36. The number of hydrogen-bond donors (Lipinski definition) is 2. The van der Waals surface area contributed by atoms with Gasteiger partial charge in [0.25, 0.3) is 0 Å². The molecule has 0 unspecified atom stereocenters. The largest absolute Gasteiger partial charge is 0.403 e. The van der Waals surface area contributed by atoms with Crippen LogP contribution < -0.4 is 11.5 Å². The van der Waals surface area contributed by atoms with Crippen molar-refractivity contribution in [2.45, 2.75) is 6.92 Å². The predicted molar refractivity (Wildman–Crippen MR) is 71.2 cm³/mol. The quantitative estimate of drug-likeness (QED) is 0.606. The first-order valence-corrected chi connectivity index (χ1v) is 5.27. The van der Waals surface area contributed by atoms with E-state index in [0.29, 0.717) is 11.5 Å². The highest BCUT2D eigenvalue weighted by Gasteiger charge is 2.01. The first-order valence-electron chi connectivity index (χ1n) is 5.27. The van der Waals surface area contributed by atoms with Crippen molar-refractivity contribution in [3.63, 3.8) is 0 Å². The molecule has 0 atom stereocenters. The molecular weight excluding hydrogens is 212 g/mol. The molecule has 86 valence electrons. The zero-order valence-electron chi connectivity index (χ0n) is 9.59. The van der Waals surface area contributed by atoms with Crippen molar-refractivity contribution in [2.24, 2.45) is 16.5 Å². The first-order chi connectivity index (χ1) is 8.20. The lowest BCUT2D eigenvalue weighted by Crippen LogP contribution is -2.05. The minimum absolute atomic E-state index is 0.483. The Kier molecular flexibility index (Phi) is 3.05. The zero-order chi connectivity index (χ0) is 12.3. The van der Waals surface area contributed by atoms with Gasteiger partial charge in [0.1, 0.15) is 0 Å². The molecule has 2 aromatic rings. The van der Waals surface area contributed by atoms with Crippen LogP contribution in [0.25, 0.3) is 16.5 Å². The van der Waals surface area contributed by atoms with E-state index >= 15 is 0 Å². The molecule has 4 N–H and O–H groups in total. The summed E-state index contributed by atoms with van der Waals surface area (Å²) in [6.45, 7) is 1.73. The van der Waals surface area contributed by atoms with Crippen LogP contribution in [0.1, 0.15) is 12.5 Å². The van der Waals surface area contributed by atoms with E-state index in [0.717, 1.165) is 16.3 Å².